The summed E-state index contributed by atoms with van der Waals surface area (Å²) in [5.74, 6) is 2.38. The summed E-state index contributed by atoms with van der Waals surface area (Å²) in [5.41, 5.74) is 1.99. The van der Waals surface area contributed by atoms with E-state index >= 15 is 0 Å². The first-order valence-electron chi connectivity index (χ1n) is 7.07. The molecule has 0 bridgehead atoms. The van der Waals surface area contributed by atoms with Crippen LogP contribution >= 0.6 is 15.6 Å². The van der Waals surface area contributed by atoms with E-state index in [1.807, 2.05) is 13.0 Å². The van der Waals surface area contributed by atoms with E-state index in [0.717, 1.165) is 24.0 Å². The second kappa shape index (κ2) is 11.8. The van der Waals surface area contributed by atoms with Gasteiger partial charge < -0.3 is 28.5 Å². The van der Waals surface area contributed by atoms with E-state index in [0.29, 0.717) is 13.0 Å². The maximum Gasteiger partial charge on any atom is 0.272 e. The van der Waals surface area contributed by atoms with Crippen LogP contribution in [0.4, 0.5) is 0 Å². The summed E-state index contributed by atoms with van der Waals surface area (Å²) in [4.78, 5) is 31.5. The van der Waals surface area contributed by atoms with Gasteiger partial charge in [-0.05, 0) is 33.1 Å². The van der Waals surface area contributed by atoms with Crippen LogP contribution in [0.25, 0.3) is 0 Å². The fraction of sp³-hybridized carbons (Fsp3) is 0.571. The number of hydrogen-bond donors (Lipinski definition) is 0. The molecule has 0 aromatic heterocycles. The zero-order valence-electron chi connectivity index (χ0n) is 13.6. The molecular formula is C14H21O8P2-3. The molecular weight excluding hydrogens is 358 g/mol. The summed E-state index contributed by atoms with van der Waals surface area (Å²) < 4.78 is 34.0. The number of hydrogen-bond acceptors (Lipinski definition) is 8. The first-order valence-corrected chi connectivity index (χ1v) is 9.99. The smallest absolute Gasteiger partial charge is 0.272 e. The van der Waals surface area contributed by atoms with Crippen molar-refractivity contribution in [1.29, 1.82) is 0 Å². The Morgan fingerprint density at radius 3 is 2.33 bits per heavy atom. The summed E-state index contributed by atoms with van der Waals surface area (Å²) >= 11 is 0. The Bertz CT molecular complexity index is 570. The highest BCUT2D eigenvalue weighted by molar-refractivity contribution is 7.58. The fourth-order valence-corrected chi connectivity index (χ4v) is 2.96. The van der Waals surface area contributed by atoms with Crippen LogP contribution in [0.5, 0.6) is 0 Å². The van der Waals surface area contributed by atoms with Gasteiger partial charge in [0.05, 0.1) is 21.0 Å². The van der Waals surface area contributed by atoms with Crippen LogP contribution in [0.15, 0.2) is 23.3 Å². The Labute approximate surface area is 142 Å². The van der Waals surface area contributed by atoms with Gasteiger partial charge in [0.25, 0.3) is 7.82 Å². The molecule has 0 rings (SSSR count). The summed E-state index contributed by atoms with van der Waals surface area (Å²) in [7, 11) is -10.8. The van der Waals surface area contributed by atoms with Crippen molar-refractivity contribution >= 4 is 15.6 Å². The van der Waals surface area contributed by atoms with Crippen LogP contribution in [0.2, 0.25) is 0 Å². The number of phosphoric ester groups is 1. The van der Waals surface area contributed by atoms with Crippen LogP contribution in [-0.4, -0.2) is 19.8 Å². The lowest BCUT2D eigenvalue weighted by Gasteiger charge is -2.34. The van der Waals surface area contributed by atoms with Crippen molar-refractivity contribution in [3.63, 3.8) is 0 Å². The van der Waals surface area contributed by atoms with Gasteiger partial charge in [-0.2, -0.15) is 0 Å². The van der Waals surface area contributed by atoms with Crippen molar-refractivity contribution in [3.05, 3.63) is 23.3 Å². The molecule has 0 saturated carbocycles. The second-order valence-corrected chi connectivity index (χ2v) is 7.62. The van der Waals surface area contributed by atoms with Crippen molar-refractivity contribution in [3.8, 4) is 12.3 Å². The molecule has 0 aromatic rings. The van der Waals surface area contributed by atoms with Crippen molar-refractivity contribution < 1.29 is 37.4 Å². The molecule has 138 valence electrons. The predicted octanol–water partition coefficient (Wildman–Crippen LogP) is 1.03. The average molecular weight is 379 g/mol. The molecule has 0 radical (unpaired) electrons. The van der Waals surface area contributed by atoms with E-state index in [1.165, 1.54) is 6.08 Å². The van der Waals surface area contributed by atoms with E-state index in [9.17, 15) is 23.8 Å². The Kier molecular flexibility index (Phi) is 11.4. The number of rotatable bonds is 12. The Balaban J connectivity index is 4.09. The van der Waals surface area contributed by atoms with Gasteiger partial charge in [-0.25, -0.2) is 0 Å². The number of ether oxygens (including phenoxy) is 1. The van der Waals surface area contributed by atoms with Gasteiger partial charge in [-0.15, -0.1) is 6.42 Å². The van der Waals surface area contributed by atoms with E-state index in [-0.39, 0.29) is 6.61 Å². The molecule has 0 N–H and O–H groups in total. The topological polar surface area (TPSA) is 131 Å². The summed E-state index contributed by atoms with van der Waals surface area (Å²) in [6.45, 7) is 4.17. The van der Waals surface area contributed by atoms with Crippen LogP contribution in [0.1, 0.15) is 33.1 Å². The van der Waals surface area contributed by atoms with Gasteiger partial charge >= 0.3 is 0 Å². The van der Waals surface area contributed by atoms with Crippen LogP contribution < -0.4 is 14.7 Å². The summed E-state index contributed by atoms with van der Waals surface area (Å²) in [6, 6.07) is 0. The van der Waals surface area contributed by atoms with Crippen molar-refractivity contribution in [2.75, 3.05) is 19.8 Å². The van der Waals surface area contributed by atoms with Gasteiger partial charge in [0.2, 0.25) is 0 Å². The lowest BCUT2D eigenvalue weighted by Crippen LogP contribution is -2.19. The molecule has 0 spiro atoms. The van der Waals surface area contributed by atoms with Crippen molar-refractivity contribution in [2.45, 2.75) is 33.1 Å². The molecule has 0 aliphatic carbocycles. The highest BCUT2D eigenvalue weighted by Gasteiger charge is 2.10. The summed E-state index contributed by atoms with van der Waals surface area (Å²) in [6.07, 6.45) is 10.7. The Hall–Kier alpha value is -0.740. The highest BCUT2D eigenvalue weighted by Crippen LogP contribution is 2.50. The third kappa shape index (κ3) is 14.8. The molecule has 0 fully saturated rings. The van der Waals surface area contributed by atoms with Gasteiger partial charge in [-0.1, -0.05) is 29.2 Å². The molecule has 0 aliphatic rings. The Morgan fingerprint density at radius 1 is 1.12 bits per heavy atom. The molecule has 0 amide bonds. The van der Waals surface area contributed by atoms with Crippen LogP contribution in [0, 0.1) is 12.3 Å². The van der Waals surface area contributed by atoms with Gasteiger partial charge in [0, 0.05) is 0 Å². The van der Waals surface area contributed by atoms with Gasteiger partial charge in [0.15, 0.2) is 0 Å². The summed E-state index contributed by atoms with van der Waals surface area (Å²) in [5, 5.41) is 0. The van der Waals surface area contributed by atoms with Crippen LogP contribution in [0.3, 0.4) is 0 Å². The molecule has 0 aromatic carbocycles. The zero-order valence-corrected chi connectivity index (χ0v) is 15.4. The van der Waals surface area contributed by atoms with E-state index in [1.54, 1.807) is 6.92 Å². The largest absolute Gasteiger partial charge is 0.790 e. The molecule has 0 aliphatic heterocycles. The van der Waals surface area contributed by atoms with Gasteiger partial charge in [0.1, 0.15) is 6.61 Å². The molecule has 1 unspecified atom stereocenters. The maximum absolute atomic E-state index is 11.0. The average Bonchev–Trinajstić information content (AvgIpc) is 2.40. The molecule has 0 heterocycles. The number of phosphoric acid groups is 2. The fourth-order valence-electron chi connectivity index (χ4n) is 1.53. The predicted molar refractivity (Wildman–Crippen MR) is 83.3 cm³/mol. The van der Waals surface area contributed by atoms with E-state index < -0.39 is 22.3 Å². The molecule has 8 nitrogen and oxygen atoms in total. The lowest BCUT2D eigenvalue weighted by atomic mass is 10.1. The Morgan fingerprint density at radius 2 is 1.75 bits per heavy atom. The molecule has 10 heteroatoms. The second-order valence-electron chi connectivity index (χ2n) is 4.92. The SMILES string of the molecule is C#CCOCC/C(C)=C/CC/C(C)=C/COP(=O)([O-])OP(=O)([O-])[O-]. The number of allylic oxidation sites excluding steroid dienone is 2. The van der Waals surface area contributed by atoms with E-state index in [2.05, 4.69) is 14.8 Å². The quantitative estimate of drug-likeness (QED) is 0.213. The minimum absolute atomic E-state index is 0.288. The van der Waals surface area contributed by atoms with Crippen LogP contribution in [-0.2, 0) is 22.7 Å². The van der Waals surface area contributed by atoms with Gasteiger partial charge in [-0.3, -0.25) is 8.88 Å². The first-order chi connectivity index (χ1) is 11.1. The van der Waals surface area contributed by atoms with E-state index in [4.69, 9.17) is 11.2 Å². The monoisotopic (exact) mass is 379 g/mol. The van der Waals surface area contributed by atoms with Crippen molar-refractivity contribution in [2.24, 2.45) is 0 Å². The standard InChI is InChI=1S/C14H24O8P2/c1-4-10-20-11-8-13(2)6-5-7-14(3)9-12-21-24(18,19)22-23(15,16)17/h1,6,9H,5,7-8,10-12H2,2-3H3,(H,18,19)(H2,15,16,17)/p-3/b13-6+,14-9+. The molecule has 24 heavy (non-hydrogen) atoms. The third-order valence-electron chi connectivity index (χ3n) is 2.72. The zero-order chi connectivity index (χ0) is 18.6. The van der Waals surface area contributed by atoms with Crippen molar-refractivity contribution in [1.82, 2.24) is 0 Å². The minimum Gasteiger partial charge on any atom is -0.790 e. The normalized spacial score (nSPS) is 15.8. The molecule has 0 saturated heterocycles. The molecule has 1 atom stereocenters. The minimum atomic E-state index is -5.64. The first kappa shape index (κ1) is 23.3. The lowest BCUT2D eigenvalue weighted by molar-refractivity contribution is -0.339. The maximum atomic E-state index is 11.0. The highest BCUT2D eigenvalue weighted by atomic mass is 31.3. The number of terminal acetylenes is 1. The third-order valence-corrected chi connectivity index (χ3v) is 4.79.